The smallest absolute Gasteiger partial charge is 0.313 e. The van der Waals surface area contributed by atoms with E-state index in [-0.39, 0.29) is 12.5 Å². The molecule has 0 aliphatic heterocycles. The first-order valence-electron chi connectivity index (χ1n) is 7.44. The van der Waals surface area contributed by atoms with Gasteiger partial charge in [0.05, 0.1) is 10.7 Å². The molecule has 0 saturated heterocycles. The summed E-state index contributed by atoms with van der Waals surface area (Å²) in [4.78, 5) is 23.7. The van der Waals surface area contributed by atoms with Crippen LogP contribution in [0.1, 0.15) is 31.7 Å². The van der Waals surface area contributed by atoms with Crippen LogP contribution in [0.4, 0.5) is 5.69 Å². The standard InChI is InChI=1S/C16H23ClN2O3/c1-3-4-12(7-8-20)10-18-15(21)16(22)19-14-9-11(2)5-6-13(14)17/h5-6,9,12,20H,3-4,7-8,10H2,1-2H3,(H,18,21)(H,19,22). The van der Waals surface area contributed by atoms with Crippen LogP contribution in [0.2, 0.25) is 5.02 Å². The quantitative estimate of drug-likeness (QED) is 0.674. The molecular formula is C16H23ClN2O3. The number of hydrogen-bond donors (Lipinski definition) is 3. The van der Waals surface area contributed by atoms with Crippen LogP contribution in [0.3, 0.4) is 0 Å². The van der Waals surface area contributed by atoms with Crippen molar-refractivity contribution >= 4 is 29.1 Å². The van der Waals surface area contributed by atoms with Gasteiger partial charge in [0, 0.05) is 13.2 Å². The zero-order valence-corrected chi connectivity index (χ0v) is 13.7. The lowest BCUT2D eigenvalue weighted by atomic mass is 10.0. The average Bonchev–Trinajstić information content (AvgIpc) is 2.48. The minimum atomic E-state index is -0.744. The molecule has 0 bridgehead atoms. The number of amides is 2. The van der Waals surface area contributed by atoms with Crippen LogP contribution in [-0.2, 0) is 9.59 Å². The molecule has 0 aliphatic carbocycles. The summed E-state index contributed by atoms with van der Waals surface area (Å²) >= 11 is 5.98. The first kappa shape index (κ1) is 18.5. The van der Waals surface area contributed by atoms with Gasteiger partial charge in [-0.05, 0) is 43.4 Å². The molecule has 0 saturated carbocycles. The van der Waals surface area contributed by atoms with Crippen molar-refractivity contribution in [3.05, 3.63) is 28.8 Å². The van der Waals surface area contributed by atoms with E-state index in [2.05, 4.69) is 10.6 Å². The third-order valence-corrected chi connectivity index (χ3v) is 3.69. The molecule has 1 atom stereocenters. The van der Waals surface area contributed by atoms with Gasteiger partial charge in [0.2, 0.25) is 0 Å². The monoisotopic (exact) mass is 326 g/mol. The molecule has 1 aromatic carbocycles. The fourth-order valence-corrected chi connectivity index (χ4v) is 2.34. The molecule has 0 aliphatic rings. The van der Waals surface area contributed by atoms with E-state index in [1.165, 1.54) is 0 Å². The van der Waals surface area contributed by atoms with E-state index in [0.717, 1.165) is 18.4 Å². The summed E-state index contributed by atoms with van der Waals surface area (Å²) in [6.45, 7) is 4.36. The van der Waals surface area contributed by atoms with Crippen LogP contribution < -0.4 is 10.6 Å². The van der Waals surface area contributed by atoms with Crippen molar-refractivity contribution in [3.63, 3.8) is 0 Å². The summed E-state index contributed by atoms with van der Waals surface area (Å²) in [6, 6.07) is 5.20. The van der Waals surface area contributed by atoms with E-state index < -0.39 is 11.8 Å². The number of hydrogen-bond acceptors (Lipinski definition) is 3. The van der Waals surface area contributed by atoms with E-state index in [1.54, 1.807) is 12.1 Å². The Morgan fingerprint density at radius 3 is 2.64 bits per heavy atom. The lowest BCUT2D eigenvalue weighted by Gasteiger charge is -2.15. The normalized spacial score (nSPS) is 11.8. The molecular weight excluding hydrogens is 304 g/mol. The van der Waals surface area contributed by atoms with Gasteiger partial charge in [-0.3, -0.25) is 9.59 Å². The van der Waals surface area contributed by atoms with Crippen molar-refractivity contribution in [2.24, 2.45) is 5.92 Å². The van der Waals surface area contributed by atoms with Gasteiger partial charge < -0.3 is 15.7 Å². The maximum absolute atomic E-state index is 11.9. The fourth-order valence-electron chi connectivity index (χ4n) is 2.17. The van der Waals surface area contributed by atoms with E-state index in [1.807, 2.05) is 19.9 Å². The molecule has 122 valence electrons. The number of anilines is 1. The second-order valence-electron chi connectivity index (χ2n) is 5.31. The Hall–Kier alpha value is -1.59. The molecule has 6 heteroatoms. The maximum atomic E-state index is 11.9. The van der Waals surface area contributed by atoms with Gasteiger partial charge in [-0.15, -0.1) is 0 Å². The fraction of sp³-hybridized carbons (Fsp3) is 0.500. The molecule has 2 amide bonds. The number of aliphatic hydroxyl groups is 1. The molecule has 22 heavy (non-hydrogen) atoms. The van der Waals surface area contributed by atoms with Crippen molar-refractivity contribution in [2.75, 3.05) is 18.5 Å². The topological polar surface area (TPSA) is 78.4 Å². The zero-order valence-electron chi connectivity index (χ0n) is 13.0. The number of carbonyl (C=O) groups is 2. The van der Waals surface area contributed by atoms with Gasteiger partial charge in [0.1, 0.15) is 0 Å². The third-order valence-electron chi connectivity index (χ3n) is 3.36. The molecule has 0 radical (unpaired) electrons. The Kier molecular flexibility index (Phi) is 7.91. The highest BCUT2D eigenvalue weighted by Crippen LogP contribution is 2.22. The van der Waals surface area contributed by atoms with Gasteiger partial charge in [-0.25, -0.2) is 0 Å². The Bertz CT molecular complexity index is 514. The summed E-state index contributed by atoms with van der Waals surface area (Å²) < 4.78 is 0. The molecule has 1 rings (SSSR count). The highest BCUT2D eigenvalue weighted by atomic mass is 35.5. The number of carbonyl (C=O) groups excluding carboxylic acids is 2. The maximum Gasteiger partial charge on any atom is 0.313 e. The van der Waals surface area contributed by atoms with Crippen LogP contribution in [0.25, 0.3) is 0 Å². The Morgan fingerprint density at radius 1 is 1.27 bits per heavy atom. The predicted molar refractivity (Wildman–Crippen MR) is 87.9 cm³/mol. The van der Waals surface area contributed by atoms with Crippen molar-refractivity contribution < 1.29 is 14.7 Å². The summed E-state index contributed by atoms with van der Waals surface area (Å²) in [6.07, 6.45) is 2.47. The Balaban J connectivity index is 2.54. The number of nitrogens with one attached hydrogen (secondary N) is 2. The van der Waals surface area contributed by atoms with E-state index >= 15 is 0 Å². The zero-order chi connectivity index (χ0) is 16.5. The van der Waals surface area contributed by atoms with Crippen LogP contribution in [0, 0.1) is 12.8 Å². The van der Waals surface area contributed by atoms with Crippen LogP contribution in [-0.4, -0.2) is 30.1 Å². The van der Waals surface area contributed by atoms with Crippen molar-refractivity contribution in [3.8, 4) is 0 Å². The number of rotatable bonds is 7. The summed E-state index contributed by atoms with van der Waals surface area (Å²) in [5, 5.41) is 14.5. The molecule has 1 aromatic rings. The predicted octanol–water partition coefficient (Wildman–Crippen LogP) is 2.50. The Morgan fingerprint density at radius 2 is 2.00 bits per heavy atom. The number of aryl methyl sites for hydroxylation is 1. The first-order chi connectivity index (χ1) is 10.5. The SMILES string of the molecule is CCCC(CCO)CNC(=O)C(=O)Nc1cc(C)ccc1Cl. The van der Waals surface area contributed by atoms with Gasteiger partial charge in [-0.1, -0.05) is 31.0 Å². The van der Waals surface area contributed by atoms with Crippen molar-refractivity contribution in [1.82, 2.24) is 5.32 Å². The van der Waals surface area contributed by atoms with Crippen LogP contribution >= 0.6 is 11.6 Å². The first-order valence-corrected chi connectivity index (χ1v) is 7.81. The minimum Gasteiger partial charge on any atom is -0.396 e. The highest BCUT2D eigenvalue weighted by molar-refractivity contribution is 6.41. The van der Waals surface area contributed by atoms with E-state index in [9.17, 15) is 9.59 Å². The number of benzene rings is 1. The molecule has 0 heterocycles. The second-order valence-corrected chi connectivity index (χ2v) is 5.72. The second kappa shape index (κ2) is 9.43. The summed E-state index contributed by atoms with van der Waals surface area (Å²) in [5.41, 5.74) is 1.35. The third kappa shape index (κ3) is 6.03. The molecule has 0 fully saturated rings. The molecule has 0 aromatic heterocycles. The lowest BCUT2D eigenvalue weighted by Crippen LogP contribution is -2.38. The van der Waals surface area contributed by atoms with Crippen LogP contribution in [0.15, 0.2) is 18.2 Å². The summed E-state index contributed by atoms with van der Waals surface area (Å²) in [5.74, 6) is -1.27. The van der Waals surface area contributed by atoms with Gasteiger partial charge in [0.25, 0.3) is 0 Å². The van der Waals surface area contributed by atoms with Gasteiger partial charge >= 0.3 is 11.8 Å². The van der Waals surface area contributed by atoms with Crippen LogP contribution in [0.5, 0.6) is 0 Å². The molecule has 0 spiro atoms. The van der Waals surface area contributed by atoms with E-state index in [4.69, 9.17) is 16.7 Å². The lowest BCUT2D eigenvalue weighted by molar-refractivity contribution is -0.136. The van der Waals surface area contributed by atoms with Gasteiger partial charge in [-0.2, -0.15) is 0 Å². The van der Waals surface area contributed by atoms with Crippen molar-refractivity contribution in [1.29, 1.82) is 0 Å². The molecule has 1 unspecified atom stereocenters. The van der Waals surface area contributed by atoms with E-state index in [0.29, 0.717) is 23.7 Å². The molecule has 5 nitrogen and oxygen atoms in total. The van der Waals surface area contributed by atoms with Crippen molar-refractivity contribution in [2.45, 2.75) is 33.1 Å². The largest absolute Gasteiger partial charge is 0.396 e. The number of halogens is 1. The minimum absolute atomic E-state index is 0.0750. The van der Waals surface area contributed by atoms with Gasteiger partial charge in [0.15, 0.2) is 0 Å². The average molecular weight is 327 g/mol. The molecule has 3 N–H and O–H groups in total. The summed E-state index contributed by atoms with van der Waals surface area (Å²) in [7, 11) is 0. The Labute approximate surface area is 136 Å². The number of aliphatic hydroxyl groups excluding tert-OH is 1. The highest BCUT2D eigenvalue weighted by Gasteiger charge is 2.17.